The highest BCUT2D eigenvalue weighted by Crippen LogP contribution is 2.25. The zero-order valence-electron chi connectivity index (χ0n) is 3.24. The van der Waals surface area contributed by atoms with E-state index >= 15 is 0 Å². The standard InChI is InChI=1S/C4HBr2S/c5-3-1-7-2-4(3)6/h1H. The lowest BCUT2D eigenvalue weighted by Gasteiger charge is -1.74. The molecule has 0 spiro atoms. The number of halogens is 2. The Hall–Kier alpha value is 0.660. The highest BCUT2D eigenvalue weighted by atomic mass is 79.9. The molecular weight excluding hydrogens is 240 g/mol. The Kier molecular flexibility index (Phi) is 1.89. The average molecular weight is 241 g/mol. The van der Waals surface area contributed by atoms with Gasteiger partial charge in [-0.3, -0.25) is 0 Å². The van der Waals surface area contributed by atoms with Crippen molar-refractivity contribution in [3.8, 4) is 0 Å². The Labute approximate surface area is 62.8 Å². The van der Waals surface area contributed by atoms with Crippen LogP contribution in [-0.2, 0) is 0 Å². The molecule has 0 aliphatic heterocycles. The lowest BCUT2D eigenvalue weighted by atomic mass is 10.7. The van der Waals surface area contributed by atoms with Crippen LogP contribution in [0.25, 0.3) is 0 Å². The van der Waals surface area contributed by atoms with E-state index in [0.29, 0.717) is 0 Å². The van der Waals surface area contributed by atoms with E-state index in [1.807, 2.05) is 5.38 Å². The summed E-state index contributed by atoms with van der Waals surface area (Å²) < 4.78 is 2.09. The molecule has 1 radical (unpaired) electrons. The number of thiophene rings is 1. The van der Waals surface area contributed by atoms with Crippen molar-refractivity contribution in [2.75, 3.05) is 0 Å². The topological polar surface area (TPSA) is 0 Å². The van der Waals surface area contributed by atoms with Crippen LogP contribution < -0.4 is 0 Å². The Bertz CT molecular complexity index is 142. The van der Waals surface area contributed by atoms with Crippen LogP contribution in [0.4, 0.5) is 0 Å². The van der Waals surface area contributed by atoms with Crippen LogP contribution in [0.1, 0.15) is 0 Å². The first kappa shape index (κ1) is 5.79. The van der Waals surface area contributed by atoms with Crippen LogP contribution in [0.2, 0.25) is 0 Å². The predicted molar refractivity (Wildman–Crippen MR) is 38.6 cm³/mol. The highest BCUT2D eigenvalue weighted by Gasteiger charge is 1.92. The minimum Gasteiger partial charge on any atom is -0.140 e. The summed E-state index contributed by atoms with van der Waals surface area (Å²) in [5.41, 5.74) is 0. The summed E-state index contributed by atoms with van der Waals surface area (Å²) in [5, 5.41) is 4.96. The van der Waals surface area contributed by atoms with Crippen molar-refractivity contribution in [3.05, 3.63) is 19.7 Å². The van der Waals surface area contributed by atoms with Gasteiger partial charge < -0.3 is 0 Å². The molecule has 0 aliphatic carbocycles. The van der Waals surface area contributed by atoms with Crippen molar-refractivity contribution in [1.82, 2.24) is 0 Å². The van der Waals surface area contributed by atoms with E-state index in [9.17, 15) is 0 Å². The molecule has 1 aromatic rings. The third-order valence-corrected chi connectivity index (χ3v) is 3.54. The van der Waals surface area contributed by atoms with Gasteiger partial charge in [0, 0.05) is 9.85 Å². The molecule has 0 saturated heterocycles. The van der Waals surface area contributed by atoms with Crippen molar-refractivity contribution in [3.63, 3.8) is 0 Å². The van der Waals surface area contributed by atoms with E-state index < -0.39 is 0 Å². The maximum Gasteiger partial charge on any atom is 0.0608 e. The van der Waals surface area contributed by atoms with E-state index in [1.165, 1.54) is 0 Å². The van der Waals surface area contributed by atoms with Crippen molar-refractivity contribution in [2.45, 2.75) is 0 Å². The molecule has 7 heavy (non-hydrogen) atoms. The van der Waals surface area contributed by atoms with Gasteiger partial charge in [-0.05, 0) is 31.9 Å². The molecule has 0 nitrogen and oxygen atoms in total. The molecule has 0 N–H and O–H groups in total. The number of hydrogen-bond donors (Lipinski definition) is 0. The van der Waals surface area contributed by atoms with Crippen LogP contribution in [0.3, 0.4) is 0 Å². The third kappa shape index (κ3) is 1.27. The molecule has 3 heteroatoms. The summed E-state index contributed by atoms with van der Waals surface area (Å²) in [4.78, 5) is 0. The van der Waals surface area contributed by atoms with Crippen molar-refractivity contribution in [1.29, 1.82) is 0 Å². The largest absolute Gasteiger partial charge is 0.140 e. The number of rotatable bonds is 0. The van der Waals surface area contributed by atoms with Crippen LogP contribution in [0.5, 0.6) is 0 Å². The summed E-state index contributed by atoms with van der Waals surface area (Å²) in [7, 11) is 0. The Morgan fingerprint density at radius 2 is 2.29 bits per heavy atom. The number of hydrogen-bond acceptors (Lipinski definition) is 1. The Balaban J connectivity index is 3.12. The predicted octanol–water partition coefficient (Wildman–Crippen LogP) is 3.07. The van der Waals surface area contributed by atoms with Gasteiger partial charge in [-0.15, -0.1) is 11.3 Å². The van der Waals surface area contributed by atoms with E-state index in [0.717, 1.165) is 8.95 Å². The maximum absolute atomic E-state index is 3.30. The molecule has 1 aromatic heterocycles. The molecule has 0 atom stereocenters. The van der Waals surface area contributed by atoms with Gasteiger partial charge in [-0.25, -0.2) is 0 Å². The van der Waals surface area contributed by atoms with E-state index in [-0.39, 0.29) is 0 Å². The Morgan fingerprint density at radius 3 is 2.43 bits per heavy atom. The monoisotopic (exact) mass is 239 g/mol. The van der Waals surface area contributed by atoms with Crippen LogP contribution in [-0.4, -0.2) is 0 Å². The van der Waals surface area contributed by atoms with Crippen molar-refractivity contribution in [2.24, 2.45) is 0 Å². The summed E-state index contributed by atoms with van der Waals surface area (Å²) in [6.45, 7) is 0. The molecular formula is C4HBr2S. The van der Waals surface area contributed by atoms with Crippen LogP contribution >= 0.6 is 43.2 Å². The quantitative estimate of drug-likeness (QED) is 0.654. The minimum atomic E-state index is 1.01. The summed E-state index contributed by atoms with van der Waals surface area (Å²) in [6, 6.07) is 0. The SMILES string of the molecule is Brc1[c]scc1Br. The lowest BCUT2D eigenvalue weighted by molar-refractivity contribution is 1.78. The summed E-state index contributed by atoms with van der Waals surface area (Å²) >= 11 is 8.12. The molecule has 0 aliphatic rings. The molecule has 0 bridgehead atoms. The lowest BCUT2D eigenvalue weighted by Crippen LogP contribution is -1.47. The summed E-state index contributed by atoms with van der Waals surface area (Å²) in [6.07, 6.45) is 0. The minimum absolute atomic E-state index is 1.01. The first-order valence-corrected chi connectivity index (χ1v) is 4.07. The molecule has 0 amide bonds. The van der Waals surface area contributed by atoms with E-state index in [4.69, 9.17) is 0 Å². The highest BCUT2D eigenvalue weighted by molar-refractivity contribution is 9.13. The zero-order valence-corrected chi connectivity index (χ0v) is 7.23. The molecule has 0 aromatic carbocycles. The van der Waals surface area contributed by atoms with Gasteiger partial charge >= 0.3 is 0 Å². The molecule has 1 rings (SSSR count). The first-order valence-electron chi connectivity index (χ1n) is 1.61. The van der Waals surface area contributed by atoms with Crippen LogP contribution in [0.15, 0.2) is 14.3 Å². The molecule has 0 fully saturated rings. The van der Waals surface area contributed by atoms with E-state index in [1.54, 1.807) is 11.3 Å². The molecule has 0 unspecified atom stereocenters. The van der Waals surface area contributed by atoms with Crippen molar-refractivity contribution >= 4 is 43.2 Å². The fourth-order valence-corrected chi connectivity index (χ4v) is 1.78. The molecule has 1 heterocycles. The van der Waals surface area contributed by atoms with Crippen molar-refractivity contribution < 1.29 is 0 Å². The molecule has 0 saturated carbocycles. The average Bonchev–Trinajstić information content (AvgIpc) is 1.91. The first-order chi connectivity index (χ1) is 3.30. The summed E-state index contributed by atoms with van der Waals surface area (Å²) in [5.74, 6) is 0. The maximum atomic E-state index is 3.30. The fraction of sp³-hybridized carbons (Fsp3) is 0. The van der Waals surface area contributed by atoms with Crippen LogP contribution in [0, 0.1) is 5.38 Å². The van der Waals surface area contributed by atoms with Gasteiger partial charge in [0.2, 0.25) is 0 Å². The van der Waals surface area contributed by atoms with Gasteiger partial charge in [0.05, 0.1) is 9.85 Å². The van der Waals surface area contributed by atoms with Gasteiger partial charge in [0.1, 0.15) is 0 Å². The second-order valence-corrected chi connectivity index (χ2v) is 3.32. The molecule has 37 valence electrons. The zero-order chi connectivity index (χ0) is 5.28. The van der Waals surface area contributed by atoms with Gasteiger partial charge in [0.15, 0.2) is 0 Å². The normalized spacial score (nSPS) is 9.43. The van der Waals surface area contributed by atoms with Gasteiger partial charge in [0.25, 0.3) is 0 Å². The smallest absolute Gasteiger partial charge is 0.0608 e. The Morgan fingerprint density at radius 1 is 1.57 bits per heavy atom. The second kappa shape index (κ2) is 2.29. The second-order valence-electron chi connectivity index (χ2n) is 1.000. The fourth-order valence-electron chi connectivity index (χ4n) is 0.233. The third-order valence-electron chi connectivity index (χ3n) is 0.521. The van der Waals surface area contributed by atoms with E-state index in [2.05, 4.69) is 37.2 Å². The van der Waals surface area contributed by atoms with Gasteiger partial charge in [-0.1, -0.05) is 0 Å². The van der Waals surface area contributed by atoms with Gasteiger partial charge in [-0.2, -0.15) is 0 Å².